The lowest BCUT2D eigenvalue weighted by molar-refractivity contribution is 0.415. The number of fused-ring (bicyclic) bond motifs is 4. The Kier molecular flexibility index (Phi) is 7.36. The van der Waals surface area contributed by atoms with E-state index in [9.17, 15) is 0 Å². The van der Waals surface area contributed by atoms with Crippen molar-refractivity contribution in [3.63, 3.8) is 0 Å². The summed E-state index contributed by atoms with van der Waals surface area (Å²) >= 11 is 0. The van der Waals surface area contributed by atoms with Crippen molar-refractivity contribution < 1.29 is 9.47 Å². The molecular formula is C44H34O2. The number of rotatable bonds is 2. The zero-order valence-corrected chi connectivity index (χ0v) is 26.8. The molecule has 0 atom stereocenters. The molecule has 2 nitrogen and oxygen atoms in total. The van der Waals surface area contributed by atoms with E-state index in [1.807, 2.05) is 12.1 Å². The van der Waals surface area contributed by atoms with Crippen molar-refractivity contribution in [1.29, 1.82) is 0 Å². The van der Waals surface area contributed by atoms with Crippen molar-refractivity contribution in [1.82, 2.24) is 0 Å². The predicted molar refractivity (Wildman–Crippen MR) is 193 cm³/mol. The van der Waals surface area contributed by atoms with E-state index in [0.717, 1.165) is 76.8 Å². The monoisotopic (exact) mass is 594 g/mol. The van der Waals surface area contributed by atoms with Crippen LogP contribution in [0.3, 0.4) is 0 Å². The second kappa shape index (κ2) is 11.7. The maximum absolute atomic E-state index is 5.46. The van der Waals surface area contributed by atoms with Crippen LogP contribution >= 0.6 is 0 Å². The molecule has 222 valence electrons. The highest BCUT2D eigenvalue weighted by Crippen LogP contribution is 2.36. The summed E-state index contributed by atoms with van der Waals surface area (Å²) in [6.07, 6.45) is 0. The number of benzene rings is 7. The Balaban J connectivity index is 1.48. The highest BCUT2D eigenvalue weighted by molar-refractivity contribution is 6.10. The first-order chi connectivity index (χ1) is 22.3. The average molecular weight is 595 g/mol. The van der Waals surface area contributed by atoms with Gasteiger partial charge in [-0.3, -0.25) is 0 Å². The molecule has 7 aromatic carbocycles. The van der Waals surface area contributed by atoms with Gasteiger partial charge in [0.15, 0.2) is 0 Å². The summed E-state index contributed by atoms with van der Waals surface area (Å²) in [5, 5.41) is 8.84. The molecule has 0 aliphatic carbocycles. The van der Waals surface area contributed by atoms with Gasteiger partial charge in [0.05, 0.1) is 14.2 Å². The second-order valence-corrected chi connectivity index (χ2v) is 12.6. The predicted octanol–water partition coefficient (Wildman–Crippen LogP) is 10.4. The van der Waals surface area contributed by atoms with Gasteiger partial charge in [-0.05, 0) is 109 Å². The van der Waals surface area contributed by atoms with Gasteiger partial charge in [-0.2, -0.15) is 0 Å². The summed E-state index contributed by atoms with van der Waals surface area (Å²) in [6.45, 7) is 6.75. The number of ether oxygens (including phenoxy) is 2. The molecule has 0 N–H and O–H groups in total. The molecule has 0 saturated heterocycles. The van der Waals surface area contributed by atoms with Crippen molar-refractivity contribution in [2.75, 3.05) is 14.2 Å². The molecule has 7 aromatic rings. The molecule has 0 radical (unpaired) electrons. The Labute approximate surface area is 270 Å². The summed E-state index contributed by atoms with van der Waals surface area (Å²) in [5.41, 5.74) is 5.25. The fraction of sp³-hybridized carbons (Fsp3) is 0.136. The Morgan fingerprint density at radius 1 is 0.435 bits per heavy atom. The molecule has 0 bridgehead atoms. The van der Waals surface area contributed by atoms with Crippen LogP contribution in [0.15, 0.2) is 115 Å². The number of methoxy groups -OCH3 is 2. The molecule has 0 spiro atoms. The average Bonchev–Trinajstić information content (AvgIpc) is 3.08. The standard InChI is InChI=1S/C44H34O2/c1-44(2,3)33-18-23-42-40(21-16-29-10-8-12-31-26-34(45-4)19-24-36(29)31)38-14-6-7-15-39(38)41(43(42)28-33)22-17-30-11-9-13-32-27-35(46-5)20-25-37(30)32/h6-15,18-20,23-28H,1-5H3. The molecule has 0 heterocycles. The smallest absolute Gasteiger partial charge is 0.119 e. The Morgan fingerprint density at radius 3 is 1.41 bits per heavy atom. The van der Waals surface area contributed by atoms with Crippen molar-refractivity contribution in [2.24, 2.45) is 0 Å². The largest absolute Gasteiger partial charge is 0.497 e. The fourth-order valence-corrected chi connectivity index (χ4v) is 6.17. The maximum Gasteiger partial charge on any atom is 0.119 e. The van der Waals surface area contributed by atoms with Gasteiger partial charge in [-0.15, -0.1) is 0 Å². The minimum absolute atomic E-state index is 0.0188. The fourth-order valence-electron chi connectivity index (χ4n) is 6.17. The zero-order chi connectivity index (χ0) is 31.8. The quantitative estimate of drug-likeness (QED) is 0.146. The first-order valence-corrected chi connectivity index (χ1v) is 15.5. The Hall–Kier alpha value is -5.70. The lowest BCUT2D eigenvalue weighted by Gasteiger charge is -2.21. The van der Waals surface area contributed by atoms with Crippen molar-refractivity contribution >= 4 is 43.1 Å². The zero-order valence-electron chi connectivity index (χ0n) is 26.8. The second-order valence-electron chi connectivity index (χ2n) is 12.6. The third-order valence-corrected chi connectivity index (χ3v) is 8.71. The highest BCUT2D eigenvalue weighted by atomic mass is 16.5. The van der Waals surface area contributed by atoms with Gasteiger partial charge >= 0.3 is 0 Å². The Bertz CT molecular complexity index is 2440. The van der Waals surface area contributed by atoms with Crippen LogP contribution in [0.25, 0.3) is 43.1 Å². The summed E-state index contributed by atoms with van der Waals surface area (Å²) in [6, 6.07) is 40.1. The van der Waals surface area contributed by atoms with E-state index in [1.165, 1.54) is 5.56 Å². The van der Waals surface area contributed by atoms with Crippen molar-refractivity contribution in [2.45, 2.75) is 26.2 Å². The third-order valence-electron chi connectivity index (χ3n) is 8.71. The minimum atomic E-state index is -0.0188. The minimum Gasteiger partial charge on any atom is -0.497 e. The molecule has 0 fully saturated rings. The lowest BCUT2D eigenvalue weighted by atomic mass is 9.83. The Morgan fingerprint density at radius 2 is 0.913 bits per heavy atom. The van der Waals surface area contributed by atoms with Crippen LogP contribution in [-0.4, -0.2) is 14.2 Å². The van der Waals surface area contributed by atoms with Gasteiger partial charge in [-0.25, -0.2) is 0 Å². The van der Waals surface area contributed by atoms with Crippen LogP contribution in [0, 0.1) is 23.7 Å². The van der Waals surface area contributed by atoms with Gasteiger partial charge in [0, 0.05) is 22.3 Å². The molecule has 2 heteroatoms. The summed E-state index contributed by atoms with van der Waals surface area (Å²) in [7, 11) is 3.39. The molecule has 0 aliphatic rings. The van der Waals surface area contributed by atoms with Gasteiger partial charge in [0.25, 0.3) is 0 Å². The molecule has 46 heavy (non-hydrogen) atoms. The normalized spacial score (nSPS) is 11.2. The highest BCUT2D eigenvalue weighted by Gasteiger charge is 2.18. The van der Waals surface area contributed by atoms with E-state index in [4.69, 9.17) is 9.47 Å². The molecule has 0 aliphatic heterocycles. The summed E-state index contributed by atoms with van der Waals surface area (Å²) < 4.78 is 10.9. The van der Waals surface area contributed by atoms with Crippen LogP contribution in [-0.2, 0) is 5.41 Å². The van der Waals surface area contributed by atoms with Gasteiger partial charge in [0.1, 0.15) is 11.5 Å². The van der Waals surface area contributed by atoms with E-state index < -0.39 is 0 Å². The first-order valence-electron chi connectivity index (χ1n) is 15.5. The molecule has 0 saturated carbocycles. The van der Waals surface area contributed by atoms with Gasteiger partial charge in [0.2, 0.25) is 0 Å². The van der Waals surface area contributed by atoms with Crippen LogP contribution in [0.1, 0.15) is 48.6 Å². The van der Waals surface area contributed by atoms with E-state index in [1.54, 1.807) is 14.2 Å². The molecule has 0 unspecified atom stereocenters. The van der Waals surface area contributed by atoms with Crippen LogP contribution in [0.4, 0.5) is 0 Å². The van der Waals surface area contributed by atoms with Gasteiger partial charge < -0.3 is 9.47 Å². The third kappa shape index (κ3) is 5.30. The SMILES string of the molecule is COc1ccc2c(C#Cc3c4ccccc4c(C#Cc4cccc5cc(OC)ccc45)c4cc(C(C)(C)C)ccc34)cccc2c1. The maximum atomic E-state index is 5.46. The van der Waals surface area contributed by atoms with E-state index in [2.05, 4.69) is 148 Å². The van der Waals surface area contributed by atoms with Crippen LogP contribution < -0.4 is 9.47 Å². The summed E-state index contributed by atoms with van der Waals surface area (Å²) in [4.78, 5) is 0. The molecular weight excluding hydrogens is 560 g/mol. The first kappa shape index (κ1) is 29.0. The number of hydrogen-bond donors (Lipinski definition) is 0. The van der Waals surface area contributed by atoms with E-state index >= 15 is 0 Å². The van der Waals surface area contributed by atoms with Gasteiger partial charge in [-0.1, -0.05) is 105 Å². The lowest BCUT2D eigenvalue weighted by Crippen LogP contribution is -2.10. The van der Waals surface area contributed by atoms with Crippen molar-refractivity contribution in [3.8, 4) is 35.2 Å². The van der Waals surface area contributed by atoms with E-state index in [0.29, 0.717) is 0 Å². The van der Waals surface area contributed by atoms with E-state index in [-0.39, 0.29) is 5.41 Å². The molecule has 7 rings (SSSR count). The molecule has 0 amide bonds. The van der Waals surface area contributed by atoms with Crippen molar-refractivity contribution in [3.05, 3.63) is 143 Å². The molecule has 0 aromatic heterocycles. The summed E-state index contributed by atoms with van der Waals surface area (Å²) in [5.74, 6) is 16.0. The number of hydrogen-bond acceptors (Lipinski definition) is 2. The van der Waals surface area contributed by atoms with Crippen LogP contribution in [0.5, 0.6) is 11.5 Å². The van der Waals surface area contributed by atoms with Crippen LogP contribution in [0.2, 0.25) is 0 Å². The topological polar surface area (TPSA) is 18.5 Å².